The molecule has 2 aromatic rings. The van der Waals surface area contributed by atoms with Gasteiger partial charge in [0.2, 0.25) is 0 Å². The van der Waals surface area contributed by atoms with Crippen molar-refractivity contribution >= 4 is 39.8 Å². The van der Waals surface area contributed by atoms with Crippen LogP contribution in [0.3, 0.4) is 0 Å². The van der Waals surface area contributed by atoms with E-state index in [1.54, 1.807) is 0 Å². The Balaban J connectivity index is 2.00. The number of esters is 1. The number of rotatable bonds is 5. The van der Waals surface area contributed by atoms with Gasteiger partial charge in [-0.1, -0.05) is 30.3 Å². The molecule has 0 saturated carbocycles. The van der Waals surface area contributed by atoms with E-state index in [0.29, 0.717) is 16.7 Å². The number of nitrogens with zero attached hydrogens (tertiary/aromatic N) is 1. The number of carbonyl (C=O) groups excluding carboxylic acids is 1. The number of methoxy groups -OCH3 is 1. The van der Waals surface area contributed by atoms with Gasteiger partial charge in [0.15, 0.2) is 10.2 Å². The summed E-state index contributed by atoms with van der Waals surface area (Å²) >= 11 is 6.70. The molecule has 1 aromatic carbocycles. The third kappa shape index (κ3) is 4.78. The molecule has 1 aromatic heterocycles. The summed E-state index contributed by atoms with van der Waals surface area (Å²) in [4.78, 5) is 16.2. The third-order valence-electron chi connectivity index (χ3n) is 2.91. The minimum atomic E-state index is -0.548. The molecule has 0 aliphatic heterocycles. The number of carbonyl (C=O) groups is 1. The van der Waals surface area contributed by atoms with Gasteiger partial charge in [0.25, 0.3) is 0 Å². The first-order valence-corrected chi connectivity index (χ1v) is 7.98. The Hall–Kier alpha value is -1.99. The number of nitrogens with one attached hydrogen (secondary N) is 2. The van der Waals surface area contributed by atoms with E-state index in [1.807, 2.05) is 42.6 Å². The summed E-state index contributed by atoms with van der Waals surface area (Å²) in [6.45, 7) is 1.91. The van der Waals surface area contributed by atoms with Crippen LogP contribution in [0.1, 0.15) is 11.3 Å². The number of hydrogen-bond acceptors (Lipinski definition) is 5. The lowest BCUT2D eigenvalue weighted by atomic mass is 10.1. The molecule has 0 amide bonds. The number of anilines is 1. The van der Waals surface area contributed by atoms with Gasteiger partial charge in [0.1, 0.15) is 6.04 Å². The maximum atomic E-state index is 11.9. The van der Waals surface area contributed by atoms with Crippen molar-refractivity contribution in [2.24, 2.45) is 0 Å². The average Bonchev–Trinajstić information content (AvgIpc) is 2.91. The zero-order chi connectivity index (χ0) is 15.9. The Morgan fingerprint density at radius 2 is 2.14 bits per heavy atom. The third-order valence-corrected chi connectivity index (χ3v) is 4.01. The summed E-state index contributed by atoms with van der Waals surface area (Å²) in [7, 11) is 1.36. The fraction of sp³-hybridized carbons (Fsp3) is 0.267. The van der Waals surface area contributed by atoms with E-state index in [0.717, 1.165) is 11.3 Å². The van der Waals surface area contributed by atoms with Crippen LogP contribution >= 0.6 is 23.6 Å². The number of ether oxygens (including phenoxy) is 1. The number of aromatic nitrogens is 1. The van der Waals surface area contributed by atoms with Crippen LogP contribution in [0.5, 0.6) is 0 Å². The summed E-state index contributed by atoms with van der Waals surface area (Å²) in [5.41, 5.74) is 1.95. The van der Waals surface area contributed by atoms with Gasteiger partial charge in [-0.3, -0.25) is 0 Å². The molecule has 2 N–H and O–H groups in total. The highest BCUT2D eigenvalue weighted by Crippen LogP contribution is 2.14. The van der Waals surface area contributed by atoms with Crippen molar-refractivity contribution in [2.45, 2.75) is 19.4 Å². The quantitative estimate of drug-likeness (QED) is 0.647. The van der Waals surface area contributed by atoms with Crippen LogP contribution in [0.15, 0.2) is 35.7 Å². The Morgan fingerprint density at radius 3 is 2.73 bits per heavy atom. The number of thiocarbonyl (C=S) groups is 1. The van der Waals surface area contributed by atoms with E-state index in [9.17, 15) is 4.79 Å². The summed E-state index contributed by atoms with van der Waals surface area (Å²) in [5, 5.41) is 8.93. The topological polar surface area (TPSA) is 63.2 Å². The van der Waals surface area contributed by atoms with Gasteiger partial charge in [-0.25, -0.2) is 9.78 Å². The minimum absolute atomic E-state index is 0.348. The fourth-order valence-electron chi connectivity index (χ4n) is 1.89. The summed E-state index contributed by atoms with van der Waals surface area (Å²) in [6.07, 6.45) is 0.492. The average molecular weight is 335 g/mol. The molecule has 0 bridgehead atoms. The molecule has 0 spiro atoms. The smallest absolute Gasteiger partial charge is 0.328 e. The van der Waals surface area contributed by atoms with Crippen LogP contribution in [-0.4, -0.2) is 29.2 Å². The highest BCUT2D eigenvalue weighted by molar-refractivity contribution is 7.80. The molecule has 22 heavy (non-hydrogen) atoms. The van der Waals surface area contributed by atoms with Crippen LogP contribution < -0.4 is 10.6 Å². The van der Waals surface area contributed by atoms with E-state index in [2.05, 4.69) is 15.6 Å². The molecule has 0 aliphatic rings. The second-order valence-electron chi connectivity index (χ2n) is 4.66. The van der Waals surface area contributed by atoms with Crippen molar-refractivity contribution in [2.75, 3.05) is 12.4 Å². The number of aryl methyl sites for hydroxylation is 1. The van der Waals surface area contributed by atoms with Crippen LogP contribution in [-0.2, 0) is 16.0 Å². The molecule has 116 valence electrons. The first kappa shape index (κ1) is 16.4. The summed E-state index contributed by atoms with van der Waals surface area (Å²) < 4.78 is 4.84. The number of benzene rings is 1. The van der Waals surface area contributed by atoms with Gasteiger partial charge in [0, 0.05) is 11.8 Å². The molecular formula is C15H17N3O2S2. The molecule has 1 heterocycles. The van der Waals surface area contributed by atoms with E-state index in [-0.39, 0.29) is 5.97 Å². The summed E-state index contributed by atoms with van der Waals surface area (Å²) in [6, 6.07) is 9.16. The lowest BCUT2D eigenvalue weighted by Crippen LogP contribution is -2.44. The normalized spacial score (nSPS) is 11.5. The predicted molar refractivity (Wildman–Crippen MR) is 92.2 cm³/mol. The largest absolute Gasteiger partial charge is 0.467 e. The number of thiazole rings is 1. The van der Waals surface area contributed by atoms with Gasteiger partial charge in [-0.05, 0) is 24.7 Å². The molecule has 0 radical (unpaired) electrons. The van der Waals surface area contributed by atoms with E-state index in [1.165, 1.54) is 18.4 Å². The fourth-order valence-corrected chi connectivity index (χ4v) is 2.88. The van der Waals surface area contributed by atoms with E-state index >= 15 is 0 Å². The summed E-state index contributed by atoms with van der Waals surface area (Å²) in [5.74, 6) is -0.358. The van der Waals surface area contributed by atoms with Gasteiger partial charge in [-0.2, -0.15) is 0 Å². The Kier molecular flexibility index (Phi) is 5.85. The lowest BCUT2D eigenvalue weighted by Gasteiger charge is -2.18. The van der Waals surface area contributed by atoms with Crippen molar-refractivity contribution in [3.8, 4) is 0 Å². The highest BCUT2D eigenvalue weighted by Gasteiger charge is 2.20. The predicted octanol–water partition coefficient (Wildman–Crippen LogP) is 2.52. The molecule has 2 rings (SSSR count). The van der Waals surface area contributed by atoms with Crippen LogP contribution in [0.2, 0.25) is 0 Å². The van der Waals surface area contributed by atoms with Crippen molar-refractivity contribution in [3.05, 3.63) is 47.0 Å². The van der Waals surface area contributed by atoms with Crippen molar-refractivity contribution < 1.29 is 9.53 Å². The maximum Gasteiger partial charge on any atom is 0.328 e. The first-order valence-electron chi connectivity index (χ1n) is 6.70. The van der Waals surface area contributed by atoms with Crippen LogP contribution in [0.4, 0.5) is 5.13 Å². The highest BCUT2D eigenvalue weighted by atomic mass is 32.1. The molecule has 5 nitrogen and oxygen atoms in total. The zero-order valence-corrected chi connectivity index (χ0v) is 14.0. The molecule has 7 heteroatoms. The second-order valence-corrected chi connectivity index (χ2v) is 5.92. The van der Waals surface area contributed by atoms with Gasteiger partial charge in [0.05, 0.1) is 12.8 Å². The van der Waals surface area contributed by atoms with Crippen molar-refractivity contribution in [1.82, 2.24) is 10.3 Å². The Morgan fingerprint density at radius 1 is 1.41 bits per heavy atom. The zero-order valence-electron chi connectivity index (χ0n) is 12.3. The Labute approximate surface area is 138 Å². The first-order chi connectivity index (χ1) is 10.6. The standard InChI is InChI=1S/C15H17N3O2S2/c1-10-9-22-15(16-10)18-14(21)17-12(13(19)20-2)8-11-6-4-3-5-7-11/h3-7,9,12H,8H2,1-2H3,(H2,16,17,18,21)/t12-/m0/s1. The minimum Gasteiger partial charge on any atom is -0.467 e. The molecule has 0 fully saturated rings. The van der Waals surface area contributed by atoms with Gasteiger partial charge < -0.3 is 15.4 Å². The second kappa shape index (κ2) is 7.86. The lowest BCUT2D eigenvalue weighted by molar-refractivity contribution is -0.142. The molecule has 0 saturated heterocycles. The maximum absolute atomic E-state index is 11.9. The van der Waals surface area contributed by atoms with E-state index in [4.69, 9.17) is 17.0 Å². The van der Waals surface area contributed by atoms with Gasteiger partial charge in [-0.15, -0.1) is 11.3 Å². The van der Waals surface area contributed by atoms with Crippen LogP contribution in [0, 0.1) is 6.92 Å². The molecule has 1 atom stereocenters. The molecular weight excluding hydrogens is 318 g/mol. The molecule has 0 unspecified atom stereocenters. The van der Waals surface area contributed by atoms with Gasteiger partial charge >= 0.3 is 5.97 Å². The van der Waals surface area contributed by atoms with Crippen LogP contribution in [0.25, 0.3) is 0 Å². The number of hydrogen-bond donors (Lipinski definition) is 2. The monoisotopic (exact) mass is 335 g/mol. The van der Waals surface area contributed by atoms with Crippen molar-refractivity contribution in [1.29, 1.82) is 0 Å². The molecule has 0 aliphatic carbocycles. The van der Waals surface area contributed by atoms with Crippen molar-refractivity contribution in [3.63, 3.8) is 0 Å². The van der Waals surface area contributed by atoms with E-state index < -0.39 is 6.04 Å². The Bertz CT molecular complexity index is 643. The SMILES string of the molecule is COC(=O)[C@H](Cc1ccccc1)NC(=S)Nc1nc(C)cs1.